The van der Waals surface area contributed by atoms with E-state index in [4.69, 9.17) is 4.74 Å². The van der Waals surface area contributed by atoms with Gasteiger partial charge in [0.25, 0.3) is 0 Å². The molecule has 1 aliphatic heterocycles. The predicted octanol–water partition coefficient (Wildman–Crippen LogP) is 3.23. The molecule has 2 aliphatic rings. The second-order valence-electron chi connectivity index (χ2n) is 6.76. The van der Waals surface area contributed by atoms with Crippen molar-refractivity contribution in [2.45, 2.75) is 32.1 Å². The van der Waals surface area contributed by atoms with Gasteiger partial charge in [0, 0.05) is 18.8 Å². The second kappa shape index (κ2) is 8.19. The summed E-state index contributed by atoms with van der Waals surface area (Å²) in [6.45, 7) is 1.65. The summed E-state index contributed by atoms with van der Waals surface area (Å²) in [7, 11) is 1.61. The first kappa shape index (κ1) is 17.5. The lowest BCUT2D eigenvalue weighted by molar-refractivity contribution is -0.141. The third-order valence-corrected chi connectivity index (χ3v) is 5.11. The van der Waals surface area contributed by atoms with E-state index in [2.05, 4.69) is 5.32 Å². The molecule has 134 valence electrons. The molecule has 0 spiro atoms. The number of piperidine rings is 1. The van der Waals surface area contributed by atoms with Crippen LogP contribution in [0.15, 0.2) is 36.4 Å². The molecule has 1 saturated heterocycles. The van der Waals surface area contributed by atoms with Gasteiger partial charge in [-0.05, 0) is 56.4 Å². The van der Waals surface area contributed by atoms with Crippen molar-refractivity contribution in [3.63, 3.8) is 0 Å². The molecule has 0 unspecified atom stereocenters. The van der Waals surface area contributed by atoms with E-state index in [0.29, 0.717) is 12.8 Å². The fourth-order valence-electron chi connectivity index (χ4n) is 3.63. The Morgan fingerprint density at radius 2 is 1.64 bits per heavy atom. The molecule has 1 fully saturated rings. The molecule has 1 aromatic carbocycles. The highest BCUT2D eigenvalue weighted by atomic mass is 16.5. The molecule has 1 heterocycles. The van der Waals surface area contributed by atoms with E-state index in [1.54, 1.807) is 7.11 Å². The molecule has 0 saturated carbocycles. The fraction of sp³-hybridized carbons (Fsp3) is 0.500. The normalized spacial score (nSPS) is 23.2. The Morgan fingerprint density at radius 3 is 2.28 bits per heavy atom. The molecule has 25 heavy (non-hydrogen) atoms. The predicted molar refractivity (Wildman–Crippen MR) is 97.4 cm³/mol. The summed E-state index contributed by atoms with van der Waals surface area (Å²) in [4.78, 5) is 27.6. The number of amides is 2. The van der Waals surface area contributed by atoms with Gasteiger partial charge in [-0.3, -0.25) is 9.59 Å². The molecule has 0 radical (unpaired) electrons. The van der Waals surface area contributed by atoms with E-state index in [0.717, 1.165) is 37.4 Å². The van der Waals surface area contributed by atoms with E-state index in [1.807, 2.05) is 41.3 Å². The summed E-state index contributed by atoms with van der Waals surface area (Å²) in [5.41, 5.74) is 0.726. The third kappa shape index (κ3) is 4.21. The summed E-state index contributed by atoms with van der Waals surface area (Å²) in [6, 6.07) is 7.26. The number of hydrogen-bond acceptors (Lipinski definition) is 3. The molecule has 3 rings (SSSR count). The van der Waals surface area contributed by atoms with E-state index in [9.17, 15) is 9.59 Å². The van der Waals surface area contributed by atoms with Gasteiger partial charge >= 0.3 is 0 Å². The maximum atomic E-state index is 12.9. The average Bonchev–Trinajstić information content (AvgIpc) is 2.68. The van der Waals surface area contributed by atoms with Crippen LogP contribution in [0.1, 0.15) is 32.1 Å². The minimum atomic E-state index is -0.304. The lowest BCUT2D eigenvalue weighted by atomic mass is 9.81. The molecule has 1 aromatic rings. The highest BCUT2D eigenvalue weighted by Gasteiger charge is 2.36. The summed E-state index contributed by atoms with van der Waals surface area (Å²) >= 11 is 0. The number of carbonyl (C=O) groups excluding carboxylic acids is 2. The molecule has 0 aromatic heterocycles. The molecule has 2 amide bonds. The standard InChI is InChI=1S/C20H26N2O3/c1-25-16-11-9-15(10-12-16)21-19(23)17-7-3-4-8-18(17)20(24)22-13-5-2-6-14-22/h3-4,9-12,17-18H,2,5-8,13-14H2,1H3,(H,21,23)/t17-,18-/m1/s1. The minimum Gasteiger partial charge on any atom is -0.497 e. The number of nitrogens with zero attached hydrogens (tertiary/aromatic N) is 1. The van der Waals surface area contributed by atoms with Crippen LogP contribution in [0.25, 0.3) is 0 Å². The zero-order valence-corrected chi connectivity index (χ0v) is 14.7. The SMILES string of the molecule is COc1ccc(NC(=O)[C@@H]2CC=CC[C@H]2C(=O)N2CCCCC2)cc1. The number of benzene rings is 1. The minimum absolute atomic E-state index is 0.0788. The van der Waals surface area contributed by atoms with Crippen molar-refractivity contribution in [2.24, 2.45) is 11.8 Å². The molecular weight excluding hydrogens is 316 g/mol. The van der Waals surface area contributed by atoms with Gasteiger partial charge < -0.3 is 15.0 Å². The number of anilines is 1. The van der Waals surface area contributed by atoms with Crippen molar-refractivity contribution in [2.75, 3.05) is 25.5 Å². The number of hydrogen-bond donors (Lipinski definition) is 1. The third-order valence-electron chi connectivity index (χ3n) is 5.11. The van der Waals surface area contributed by atoms with Gasteiger partial charge in [-0.1, -0.05) is 12.2 Å². The topological polar surface area (TPSA) is 58.6 Å². The Hall–Kier alpha value is -2.30. The number of likely N-dealkylation sites (tertiary alicyclic amines) is 1. The Morgan fingerprint density at radius 1 is 1.00 bits per heavy atom. The van der Waals surface area contributed by atoms with Gasteiger partial charge in [0.2, 0.25) is 11.8 Å². The van der Waals surface area contributed by atoms with Crippen LogP contribution in [-0.2, 0) is 9.59 Å². The Balaban J connectivity index is 1.67. The number of allylic oxidation sites excluding steroid dienone is 2. The Kier molecular flexibility index (Phi) is 5.74. The Labute approximate surface area is 149 Å². The fourth-order valence-corrected chi connectivity index (χ4v) is 3.63. The second-order valence-corrected chi connectivity index (χ2v) is 6.76. The largest absolute Gasteiger partial charge is 0.497 e. The van der Waals surface area contributed by atoms with Gasteiger partial charge in [-0.15, -0.1) is 0 Å². The van der Waals surface area contributed by atoms with Crippen molar-refractivity contribution < 1.29 is 14.3 Å². The highest BCUT2D eigenvalue weighted by Crippen LogP contribution is 2.30. The van der Waals surface area contributed by atoms with Gasteiger partial charge in [0.05, 0.1) is 18.9 Å². The lowest BCUT2D eigenvalue weighted by Gasteiger charge is -2.34. The van der Waals surface area contributed by atoms with Crippen molar-refractivity contribution in [3.05, 3.63) is 36.4 Å². The first-order chi connectivity index (χ1) is 12.2. The van der Waals surface area contributed by atoms with E-state index in [1.165, 1.54) is 6.42 Å². The average molecular weight is 342 g/mol. The summed E-state index contributed by atoms with van der Waals surface area (Å²) in [6.07, 6.45) is 8.63. The van der Waals surface area contributed by atoms with Crippen LogP contribution in [0.3, 0.4) is 0 Å². The van der Waals surface area contributed by atoms with Gasteiger partial charge in [0.1, 0.15) is 5.75 Å². The number of nitrogens with one attached hydrogen (secondary N) is 1. The molecule has 1 N–H and O–H groups in total. The number of rotatable bonds is 4. The Bertz CT molecular complexity index is 633. The summed E-state index contributed by atoms with van der Waals surface area (Å²) in [5.74, 6) is 0.253. The molecule has 1 aliphatic carbocycles. The molecule has 2 atom stereocenters. The zero-order valence-electron chi connectivity index (χ0n) is 14.7. The molecule has 5 nitrogen and oxygen atoms in total. The lowest BCUT2D eigenvalue weighted by Crippen LogP contribution is -2.45. The molecular formula is C20H26N2O3. The van der Waals surface area contributed by atoms with Crippen LogP contribution in [-0.4, -0.2) is 36.9 Å². The summed E-state index contributed by atoms with van der Waals surface area (Å²) in [5, 5.41) is 2.95. The quantitative estimate of drug-likeness (QED) is 0.855. The number of ether oxygens (including phenoxy) is 1. The molecule has 5 heteroatoms. The van der Waals surface area contributed by atoms with Crippen LogP contribution in [0.2, 0.25) is 0 Å². The molecule has 0 bridgehead atoms. The van der Waals surface area contributed by atoms with Crippen LogP contribution in [0.4, 0.5) is 5.69 Å². The zero-order chi connectivity index (χ0) is 17.6. The van der Waals surface area contributed by atoms with E-state index >= 15 is 0 Å². The van der Waals surface area contributed by atoms with E-state index < -0.39 is 0 Å². The van der Waals surface area contributed by atoms with E-state index in [-0.39, 0.29) is 23.7 Å². The first-order valence-electron chi connectivity index (χ1n) is 9.08. The first-order valence-corrected chi connectivity index (χ1v) is 9.08. The highest BCUT2D eigenvalue weighted by molar-refractivity contribution is 5.96. The van der Waals surface area contributed by atoms with Crippen molar-refractivity contribution in [3.8, 4) is 5.75 Å². The van der Waals surface area contributed by atoms with Crippen LogP contribution < -0.4 is 10.1 Å². The van der Waals surface area contributed by atoms with Crippen LogP contribution in [0.5, 0.6) is 5.75 Å². The smallest absolute Gasteiger partial charge is 0.228 e. The van der Waals surface area contributed by atoms with Crippen molar-refractivity contribution >= 4 is 17.5 Å². The van der Waals surface area contributed by atoms with Gasteiger partial charge in [-0.25, -0.2) is 0 Å². The summed E-state index contributed by atoms with van der Waals surface area (Å²) < 4.78 is 5.13. The van der Waals surface area contributed by atoms with Crippen LogP contribution in [0, 0.1) is 11.8 Å². The number of carbonyl (C=O) groups is 2. The van der Waals surface area contributed by atoms with Crippen molar-refractivity contribution in [1.29, 1.82) is 0 Å². The van der Waals surface area contributed by atoms with Crippen molar-refractivity contribution in [1.82, 2.24) is 4.90 Å². The van der Waals surface area contributed by atoms with Crippen LogP contribution >= 0.6 is 0 Å². The maximum Gasteiger partial charge on any atom is 0.228 e. The van der Waals surface area contributed by atoms with Gasteiger partial charge in [0.15, 0.2) is 0 Å². The van der Waals surface area contributed by atoms with Gasteiger partial charge in [-0.2, -0.15) is 0 Å². The maximum absolute atomic E-state index is 12.9. The number of methoxy groups -OCH3 is 1. The monoisotopic (exact) mass is 342 g/mol.